The van der Waals surface area contributed by atoms with Gasteiger partial charge in [-0.1, -0.05) is 24.6 Å². The third kappa shape index (κ3) is 2.18. The summed E-state index contributed by atoms with van der Waals surface area (Å²) in [6, 6.07) is 9.58. The van der Waals surface area contributed by atoms with E-state index in [9.17, 15) is 0 Å². The number of thiophene rings is 1. The average Bonchev–Trinajstić information content (AvgIpc) is 2.97. The first-order valence-corrected chi connectivity index (χ1v) is 7.54. The normalized spacial score (nSPS) is 24.2. The summed E-state index contributed by atoms with van der Waals surface area (Å²) in [5.41, 5.74) is 7.62. The van der Waals surface area contributed by atoms with Crippen molar-refractivity contribution in [2.45, 2.75) is 37.9 Å². The summed E-state index contributed by atoms with van der Waals surface area (Å²) in [6.07, 6.45) is 3.71. The second kappa shape index (κ2) is 5.00. The Balaban J connectivity index is 1.79. The third-order valence-electron chi connectivity index (χ3n) is 4.08. The fourth-order valence-electron chi connectivity index (χ4n) is 3.06. The zero-order chi connectivity index (χ0) is 12.5. The zero-order valence-electron chi connectivity index (χ0n) is 10.8. The van der Waals surface area contributed by atoms with Crippen molar-refractivity contribution in [3.8, 4) is 0 Å². The average molecular weight is 260 g/mol. The Hall–Kier alpha value is -0.900. The van der Waals surface area contributed by atoms with E-state index in [4.69, 9.17) is 5.73 Å². The van der Waals surface area contributed by atoms with E-state index in [0.29, 0.717) is 12.1 Å². The molecule has 1 aliphatic carbocycles. The number of benzene rings is 1. The van der Waals surface area contributed by atoms with E-state index in [1.165, 1.54) is 34.9 Å². The van der Waals surface area contributed by atoms with Crippen LogP contribution in [0.2, 0.25) is 0 Å². The maximum absolute atomic E-state index is 6.18. The van der Waals surface area contributed by atoms with Gasteiger partial charge in [0.05, 0.1) is 0 Å². The molecule has 2 aromatic rings. The fourth-order valence-corrected chi connectivity index (χ4v) is 4.01. The second-order valence-electron chi connectivity index (χ2n) is 5.33. The van der Waals surface area contributed by atoms with E-state index >= 15 is 0 Å². The molecule has 2 N–H and O–H groups in total. The Morgan fingerprint density at radius 2 is 2.17 bits per heavy atom. The van der Waals surface area contributed by atoms with Gasteiger partial charge in [0, 0.05) is 23.3 Å². The van der Waals surface area contributed by atoms with E-state index in [1.807, 2.05) is 11.3 Å². The van der Waals surface area contributed by atoms with Crippen LogP contribution in [-0.2, 0) is 6.54 Å². The predicted octanol–water partition coefficient (Wildman–Crippen LogP) is 3.21. The minimum atomic E-state index is 0.361. The van der Waals surface area contributed by atoms with Crippen LogP contribution in [0.4, 0.5) is 0 Å². The summed E-state index contributed by atoms with van der Waals surface area (Å²) in [5.74, 6) is 0. The van der Waals surface area contributed by atoms with Gasteiger partial charge in [-0.3, -0.25) is 4.90 Å². The van der Waals surface area contributed by atoms with Crippen LogP contribution < -0.4 is 5.73 Å². The van der Waals surface area contributed by atoms with E-state index in [-0.39, 0.29) is 0 Å². The monoisotopic (exact) mass is 260 g/mol. The first-order valence-electron chi connectivity index (χ1n) is 6.66. The largest absolute Gasteiger partial charge is 0.326 e. The van der Waals surface area contributed by atoms with Crippen LogP contribution in [0.5, 0.6) is 0 Å². The third-order valence-corrected chi connectivity index (χ3v) is 5.09. The topological polar surface area (TPSA) is 29.3 Å². The second-order valence-corrected chi connectivity index (χ2v) is 6.25. The summed E-state index contributed by atoms with van der Waals surface area (Å²) in [6.45, 7) is 1.02. The Kier molecular flexibility index (Phi) is 3.37. The molecule has 0 bridgehead atoms. The van der Waals surface area contributed by atoms with Crippen molar-refractivity contribution in [1.29, 1.82) is 0 Å². The summed E-state index contributed by atoms with van der Waals surface area (Å²) in [7, 11) is 2.21. The molecule has 3 rings (SSSR count). The van der Waals surface area contributed by atoms with Gasteiger partial charge in [0.1, 0.15) is 0 Å². The quantitative estimate of drug-likeness (QED) is 0.918. The predicted molar refractivity (Wildman–Crippen MR) is 78.9 cm³/mol. The lowest BCUT2D eigenvalue weighted by Gasteiger charge is -2.27. The molecule has 2 unspecified atom stereocenters. The van der Waals surface area contributed by atoms with Crippen LogP contribution in [0.15, 0.2) is 29.6 Å². The van der Waals surface area contributed by atoms with Crippen molar-refractivity contribution < 1.29 is 0 Å². The molecule has 0 amide bonds. The highest BCUT2D eigenvalue weighted by atomic mass is 32.1. The zero-order valence-corrected chi connectivity index (χ0v) is 11.6. The van der Waals surface area contributed by atoms with E-state index < -0.39 is 0 Å². The highest BCUT2D eigenvalue weighted by molar-refractivity contribution is 7.17. The van der Waals surface area contributed by atoms with Crippen LogP contribution in [-0.4, -0.2) is 24.0 Å². The Morgan fingerprint density at radius 1 is 1.33 bits per heavy atom. The van der Waals surface area contributed by atoms with Crippen LogP contribution in [0, 0.1) is 0 Å². The lowest BCUT2D eigenvalue weighted by Crippen LogP contribution is -2.41. The fraction of sp³-hybridized carbons (Fsp3) is 0.467. The van der Waals surface area contributed by atoms with Gasteiger partial charge in [-0.25, -0.2) is 0 Å². The van der Waals surface area contributed by atoms with Crippen LogP contribution in [0.1, 0.15) is 24.8 Å². The molecule has 1 saturated carbocycles. The number of nitrogens with zero attached hydrogens (tertiary/aromatic N) is 1. The maximum atomic E-state index is 6.18. The molecular formula is C15H20N2S. The number of rotatable bonds is 3. The molecule has 0 spiro atoms. The molecule has 18 heavy (non-hydrogen) atoms. The SMILES string of the molecule is CN(Cc1csc2ccccc12)C1CCCC1N. The molecule has 2 atom stereocenters. The molecule has 3 heteroatoms. The first kappa shape index (κ1) is 12.2. The van der Waals surface area contributed by atoms with E-state index in [1.54, 1.807) is 0 Å². The minimum Gasteiger partial charge on any atom is -0.326 e. The van der Waals surface area contributed by atoms with Crippen molar-refractivity contribution in [3.63, 3.8) is 0 Å². The molecule has 2 nitrogen and oxygen atoms in total. The van der Waals surface area contributed by atoms with Gasteiger partial charge in [0.25, 0.3) is 0 Å². The van der Waals surface area contributed by atoms with Crippen molar-refractivity contribution >= 4 is 21.4 Å². The Labute approximate surface area is 112 Å². The minimum absolute atomic E-state index is 0.361. The smallest absolute Gasteiger partial charge is 0.0346 e. The number of nitrogens with two attached hydrogens (primary N) is 1. The van der Waals surface area contributed by atoms with Gasteiger partial charge in [-0.2, -0.15) is 0 Å². The summed E-state index contributed by atoms with van der Waals surface area (Å²) in [5, 5.41) is 3.70. The molecule has 0 aliphatic heterocycles. The Morgan fingerprint density at radius 3 is 2.94 bits per heavy atom. The van der Waals surface area contributed by atoms with Gasteiger partial charge in [-0.05, 0) is 42.3 Å². The molecule has 1 heterocycles. The van der Waals surface area contributed by atoms with Crippen molar-refractivity contribution in [3.05, 3.63) is 35.2 Å². The number of hydrogen-bond acceptors (Lipinski definition) is 3. The molecule has 0 radical (unpaired) electrons. The molecule has 1 fully saturated rings. The molecule has 0 saturated heterocycles. The molecule has 1 aromatic heterocycles. The van der Waals surface area contributed by atoms with Crippen molar-refractivity contribution in [2.24, 2.45) is 5.73 Å². The van der Waals surface area contributed by atoms with Gasteiger partial charge < -0.3 is 5.73 Å². The van der Waals surface area contributed by atoms with Crippen molar-refractivity contribution in [2.75, 3.05) is 7.05 Å². The molecule has 1 aromatic carbocycles. The maximum Gasteiger partial charge on any atom is 0.0346 e. The highest BCUT2D eigenvalue weighted by Crippen LogP contribution is 2.29. The van der Waals surface area contributed by atoms with Crippen molar-refractivity contribution in [1.82, 2.24) is 4.90 Å². The summed E-state index contributed by atoms with van der Waals surface area (Å²) >= 11 is 1.84. The van der Waals surface area contributed by atoms with Crippen LogP contribution in [0.25, 0.3) is 10.1 Å². The highest BCUT2D eigenvalue weighted by Gasteiger charge is 2.27. The van der Waals surface area contributed by atoms with Crippen LogP contribution in [0.3, 0.4) is 0 Å². The standard InChI is InChI=1S/C15H20N2S/c1-17(14-7-4-6-13(14)16)9-11-10-18-15-8-3-2-5-12(11)15/h2-3,5,8,10,13-14H,4,6-7,9,16H2,1H3. The van der Waals surface area contributed by atoms with E-state index in [2.05, 4.69) is 41.6 Å². The number of fused-ring (bicyclic) bond motifs is 1. The lowest BCUT2D eigenvalue weighted by atomic mass is 10.1. The lowest BCUT2D eigenvalue weighted by molar-refractivity contribution is 0.221. The summed E-state index contributed by atoms with van der Waals surface area (Å²) in [4.78, 5) is 2.44. The van der Waals surface area contributed by atoms with E-state index in [0.717, 1.165) is 6.54 Å². The van der Waals surface area contributed by atoms with Gasteiger partial charge in [0.15, 0.2) is 0 Å². The molecule has 96 valence electrons. The molecular weight excluding hydrogens is 240 g/mol. The Bertz CT molecular complexity index is 534. The van der Waals surface area contributed by atoms with Gasteiger partial charge in [-0.15, -0.1) is 11.3 Å². The van der Waals surface area contributed by atoms with Gasteiger partial charge >= 0.3 is 0 Å². The molecule has 1 aliphatic rings. The van der Waals surface area contributed by atoms with Gasteiger partial charge in [0.2, 0.25) is 0 Å². The summed E-state index contributed by atoms with van der Waals surface area (Å²) < 4.78 is 1.39. The first-order chi connectivity index (χ1) is 8.75. The van der Waals surface area contributed by atoms with Crippen LogP contribution >= 0.6 is 11.3 Å². The number of likely N-dealkylation sites (N-methyl/N-ethyl adjacent to an activating group) is 1. The number of hydrogen-bond donors (Lipinski definition) is 1.